The molecule has 57 heavy (non-hydrogen) atoms. The van der Waals surface area contributed by atoms with Gasteiger partial charge in [0.1, 0.15) is 0 Å². The van der Waals surface area contributed by atoms with Crippen molar-refractivity contribution < 1.29 is 0 Å². The van der Waals surface area contributed by atoms with Gasteiger partial charge in [0, 0.05) is 22.5 Å². The van der Waals surface area contributed by atoms with Crippen LogP contribution >= 0.6 is 0 Å². The minimum atomic E-state index is 0.0940. The Morgan fingerprint density at radius 3 is 1.39 bits per heavy atom. The van der Waals surface area contributed by atoms with Crippen LogP contribution in [0.2, 0.25) is 0 Å². The Labute approximate surface area is 343 Å². The third-order valence-corrected chi connectivity index (χ3v) is 17.2. The highest BCUT2D eigenvalue weighted by Gasteiger charge is 2.62. The van der Waals surface area contributed by atoms with Crippen LogP contribution in [0.4, 0.5) is 17.1 Å². The van der Waals surface area contributed by atoms with Crippen LogP contribution in [0, 0.1) is 23.7 Å². The Morgan fingerprint density at radius 1 is 0.404 bits per heavy atom. The van der Waals surface area contributed by atoms with Crippen molar-refractivity contribution in [3.8, 4) is 22.3 Å². The first-order valence-corrected chi connectivity index (χ1v) is 22.6. The van der Waals surface area contributed by atoms with E-state index in [1.165, 1.54) is 119 Å². The first kappa shape index (κ1) is 36.0. The zero-order chi connectivity index (χ0) is 39.3. The van der Waals surface area contributed by atoms with Crippen LogP contribution in [-0.2, 0) is 27.1 Å². The smallest absolute Gasteiger partial charge is 0.0468 e. The standard InChI is InChI=1S/C56H63N/c1-52(2)23-25-54(5,6)49-33-41(18-21-47(49)52)57(42-19-22-48-50(34-42)55(7,8)26-24-53(48,3)4)40-17-20-46-45(32-40)44-16-12-15-43(37-13-10-9-11-14-37)51(44)56(46)38-28-35-27-36(30-38)31-39(56)29-35/h9-22,32-36,38-39H,23-31H2,1-8H3. The molecule has 292 valence electrons. The highest BCUT2D eigenvalue weighted by molar-refractivity contribution is 5.92. The van der Waals surface area contributed by atoms with E-state index in [0.717, 1.165) is 23.7 Å². The van der Waals surface area contributed by atoms with Crippen molar-refractivity contribution in [3.05, 3.63) is 137 Å². The summed E-state index contributed by atoms with van der Waals surface area (Å²) in [5.74, 6) is 3.28. The highest BCUT2D eigenvalue weighted by atomic mass is 15.1. The first-order valence-electron chi connectivity index (χ1n) is 22.6. The summed E-state index contributed by atoms with van der Waals surface area (Å²) in [6.45, 7) is 19.7. The summed E-state index contributed by atoms with van der Waals surface area (Å²) in [5.41, 5.74) is 19.7. The normalized spacial score (nSPS) is 28.7. The number of fused-ring (bicyclic) bond motifs is 5. The lowest BCUT2D eigenvalue weighted by Crippen LogP contribution is -2.55. The largest absolute Gasteiger partial charge is 0.310 e. The summed E-state index contributed by atoms with van der Waals surface area (Å²) in [5, 5.41) is 0. The molecule has 5 aromatic rings. The highest BCUT2D eigenvalue weighted by Crippen LogP contribution is 2.71. The van der Waals surface area contributed by atoms with E-state index in [9.17, 15) is 0 Å². The lowest BCUT2D eigenvalue weighted by molar-refractivity contribution is -0.0397. The van der Waals surface area contributed by atoms with Crippen LogP contribution in [0.5, 0.6) is 0 Å². The van der Waals surface area contributed by atoms with Crippen molar-refractivity contribution in [2.24, 2.45) is 23.7 Å². The summed E-state index contributed by atoms with van der Waals surface area (Å²) in [4.78, 5) is 2.64. The zero-order valence-electron chi connectivity index (χ0n) is 35.9. The van der Waals surface area contributed by atoms with Crippen molar-refractivity contribution in [2.75, 3.05) is 4.90 Å². The summed E-state index contributed by atoms with van der Waals surface area (Å²) < 4.78 is 0. The number of rotatable bonds is 4. The Hall–Kier alpha value is -4.10. The first-order chi connectivity index (χ1) is 27.2. The van der Waals surface area contributed by atoms with Gasteiger partial charge in [0.25, 0.3) is 0 Å². The van der Waals surface area contributed by atoms with Gasteiger partial charge in [-0.15, -0.1) is 0 Å². The molecular weight excluding hydrogens is 687 g/mol. The number of hydrogen-bond donors (Lipinski definition) is 0. The second-order valence-electron chi connectivity index (χ2n) is 22.3. The second-order valence-corrected chi connectivity index (χ2v) is 22.3. The van der Waals surface area contributed by atoms with Crippen molar-refractivity contribution >= 4 is 17.1 Å². The van der Waals surface area contributed by atoms with Crippen LogP contribution in [0.3, 0.4) is 0 Å². The van der Waals surface area contributed by atoms with Crippen molar-refractivity contribution in [1.82, 2.24) is 0 Å². The second kappa shape index (κ2) is 12.0. The van der Waals surface area contributed by atoms with Crippen LogP contribution in [0.25, 0.3) is 22.3 Å². The predicted molar refractivity (Wildman–Crippen MR) is 240 cm³/mol. The molecule has 0 amide bonds. The molecule has 7 aliphatic rings. The summed E-state index contributed by atoms with van der Waals surface area (Å²) in [6, 6.07) is 41.5. The van der Waals surface area contributed by atoms with Crippen LogP contribution < -0.4 is 4.90 Å². The molecule has 0 aliphatic heterocycles. The third-order valence-electron chi connectivity index (χ3n) is 17.2. The van der Waals surface area contributed by atoms with E-state index in [1.807, 2.05) is 0 Å². The van der Waals surface area contributed by atoms with Gasteiger partial charge >= 0.3 is 0 Å². The van der Waals surface area contributed by atoms with E-state index < -0.39 is 0 Å². The maximum absolute atomic E-state index is 2.64. The van der Waals surface area contributed by atoms with Gasteiger partial charge in [0.05, 0.1) is 0 Å². The van der Waals surface area contributed by atoms with Crippen molar-refractivity contribution in [1.29, 1.82) is 0 Å². The third kappa shape index (κ3) is 5.12. The van der Waals surface area contributed by atoms with Crippen LogP contribution in [0.15, 0.2) is 103 Å². The van der Waals surface area contributed by atoms with Gasteiger partial charge in [-0.3, -0.25) is 0 Å². The number of nitrogens with zero attached hydrogens (tertiary/aromatic N) is 1. The van der Waals surface area contributed by atoms with Crippen molar-refractivity contribution in [2.45, 2.75) is 140 Å². The molecule has 0 aromatic heterocycles. The van der Waals surface area contributed by atoms with Gasteiger partial charge in [-0.05, 0) is 195 Å². The van der Waals surface area contributed by atoms with Gasteiger partial charge in [0.15, 0.2) is 0 Å². The average molecular weight is 750 g/mol. The van der Waals surface area contributed by atoms with E-state index >= 15 is 0 Å². The Morgan fingerprint density at radius 2 is 0.860 bits per heavy atom. The molecule has 1 nitrogen and oxygen atoms in total. The van der Waals surface area contributed by atoms with Gasteiger partial charge in [0.2, 0.25) is 0 Å². The fraction of sp³-hybridized carbons (Fsp3) is 0.464. The average Bonchev–Trinajstić information content (AvgIpc) is 3.48. The molecule has 4 saturated carbocycles. The summed E-state index contributed by atoms with van der Waals surface area (Å²) in [7, 11) is 0. The molecule has 5 aromatic carbocycles. The molecule has 1 spiro atoms. The fourth-order valence-electron chi connectivity index (χ4n) is 14.1. The molecule has 0 N–H and O–H groups in total. The maximum Gasteiger partial charge on any atom is 0.0468 e. The van der Waals surface area contributed by atoms with E-state index in [-0.39, 0.29) is 27.1 Å². The Bertz CT molecular complexity index is 2330. The molecular formula is C56H63N. The lowest BCUT2D eigenvalue weighted by atomic mass is 9.42. The minimum absolute atomic E-state index is 0.0940. The number of anilines is 3. The quantitative estimate of drug-likeness (QED) is 0.177. The SMILES string of the molecule is CC1(C)CCC(C)(C)c2cc(N(c3ccc4c(c3)-c3cccc(-c5ccccc5)c3C43C4CC5CC(C4)CC3C5)c3ccc4c(c3)C(C)(C)CCC4(C)C)ccc21. The van der Waals surface area contributed by atoms with E-state index in [4.69, 9.17) is 0 Å². The molecule has 0 atom stereocenters. The molecule has 0 saturated heterocycles. The maximum atomic E-state index is 2.64. The molecule has 1 heteroatoms. The van der Waals surface area contributed by atoms with Gasteiger partial charge < -0.3 is 4.90 Å². The molecule has 4 fully saturated rings. The van der Waals surface area contributed by atoms with Gasteiger partial charge in [-0.1, -0.05) is 122 Å². The molecule has 4 bridgehead atoms. The Kier molecular flexibility index (Phi) is 7.58. The molecule has 0 heterocycles. The number of benzene rings is 5. The Balaban J connectivity index is 1.15. The van der Waals surface area contributed by atoms with E-state index in [0.29, 0.717) is 0 Å². The van der Waals surface area contributed by atoms with Gasteiger partial charge in [-0.25, -0.2) is 0 Å². The topological polar surface area (TPSA) is 3.24 Å². The summed E-state index contributed by atoms with van der Waals surface area (Å²) >= 11 is 0. The van der Waals surface area contributed by atoms with E-state index in [2.05, 4.69) is 163 Å². The molecule has 12 rings (SSSR count). The zero-order valence-corrected chi connectivity index (χ0v) is 35.9. The van der Waals surface area contributed by atoms with Crippen LogP contribution in [0.1, 0.15) is 147 Å². The minimum Gasteiger partial charge on any atom is -0.310 e. The van der Waals surface area contributed by atoms with Gasteiger partial charge in [-0.2, -0.15) is 0 Å². The molecule has 7 aliphatic carbocycles. The predicted octanol–water partition coefficient (Wildman–Crippen LogP) is 15.2. The number of hydrogen-bond acceptors (Lipinski definition) is 1. The molecule has 0 radical (unpaired) electrons. The fourth-order valence-corrected chi connectivity index (χ4v) is 14.1. The van der Waals surface area contributed by atoms with E-state index in [1.54, 1.807) is 11.1 Å². The summed E-state index contributed by atoms with van der Waals surface area (Å²) in [6.07, 6.45) is 11.9. The molecule has 0 unspecified atom stereocenters. The van der Waals surface area contributed by atoms with Crippen LogP contribution in [-0.4, -0.2) is 0 Å². The monoisotopic (exact) mass is 749 g/mol. The van der Waals surface area contributed by atoms with Crippen molar-refractivity contribution in [3.63, 3.8) is 0 Å². The lowest BCUT2D eigenvalue weighted by Gasteiger charge is -2.61.